The van der Waals surface area contributed by atoms with Gasteiger partial charge in [0.1, 0.15) is 18.2 Å². The van der Waals surface area contributed by atoms with E-state index in [0.717, 1.165) is 30.8 Å². The normalized spacial score (nSPS) is 21.4. The lowest BCUT2D eigenvalue weighted by Crippen LogP contribution is -2.60. The quantitative estimate of drug-likeness (QED) is 0.592. The van der Waals surface area contributed by atoms with Crippen molar-refractivity contribution in [2.75, 3.05) is 22.2 Å². The van der Waals surface area contributed by atoms with Crippen LogP contribution in [0.25, 0.3) is 0 Å². The van der Waals surface area contributed by atoms with Crippen molar-refractivity contribution >= 4 is 35.4 Å². The summed E-state index contributed by atoms with van der Waals surface area (Å²) in [6.45, 7) is 2.15. The maximum absolute atomic E-state index is 13.8. The predicted octanol–water partition coefficient (Wildman–Crippen LogP) is 3.74. The fourth-order valence-electron chi connectivity index (χ4n) is 5.21. The number of hydrogen-bond donors (Lipinski definition) is 3. The Balaban J connectivity index is 1.53. The Kier molecular flexibility index (Phi) is 5.93. The third kappa shape index (κ3) is 3.78. The lowest BCUT2D eigenvalue weighted by molar-refractivity contribution is 0.0962. The second-order valence-electron chi connectivity index (χ2n) is 8.76. The average molecular weight is 471 g/mol. The van der Waals surface area contributed by atoms with E-state index in [4.69, 9.17) is 4.98 Å². The summed E-state index contributed by atoms with van der Waals surface area (Å²) in [4.78, 5) is 25.6. The van der Waals surface area contributed by atoms with Crippen LogP contribution in [0.4, 0.5) is 31.9 Å². The van der Waals surface area contributed by atoms with E-state index in [1.807, 2.05) is 4.90 Å². The summed E-state index contributed by atoms with van der Waals surface area (Å²) in [6.07, 6.45) is 6.14. The van der Waals surface area contributed by atoms with Gasteiger partial charge in [0.15, 0.2) is 5.82 Å². The number of anilines is 4. The number of nitrogens with one attached hydrogen (secondary N) is 3. The number of fused-ring (bicyclic) bond motifs is 3. The summed E-state index contributed by atoms with van der Waals surface area (Å²) in [5.41, 5.74) is 4.10. The second kappa shape index (κ2) is 9.03. The first kappa shape index (κ1) is 22.3. The highest BCUT2D eigenvalue weighted by Crippen LogP contribution is 2.42. The molecule has 9 nitrogen and oxygen atoms in total. The number of nitrogens with zero attached hydrogens (tertiary/aromatic N) is 5. The van der Waals surface area contributed by atoms with Crippen LogP contribution in [-0.4, -0.2) is 47.5 Å². The Labute approximate surface area is 196 Å². The molecule has 0 saturated heterocycles. The van der Waals surface area contributed by atoms with E-state index in [2.05, 4.69) is 38.0 Å². The van der Waals surface area contributed by atoms with Crippen LogP contribution >= 0.6 is 0 Å². The molecule has 0 bridgehead atoms. The SMILES string of the molecule is CC[C@@H]1C2NN=CN2c2cnc(Nc3ccc(C(=O)NC)cc3C(F)F)nc2N1C1CCCC1. The molecule has 3 N–H and O–H groups in total. The highest BCUT2D eigenvalue weighted by Gasteiger charge is 2.44. The molecule has 1 amide bonds. The number of carbonyl (C=O) groups excluding carboxylic acids is 1. The molecule has 1 aliphatic carbocycles. The minimum absolute atomic E-state index is 0.00296. The highest BCUT2D eigenvalue weighted by atomic mass is 19.3. The number of amides is 1. The number of rotatable bonds is 6. The summed E-state index contributed by atoms with van der Waals surface area (Å²) in [5.74, 6) is 0.587. The fraction of sp³-hybridized carbons (Fsp3) is 0.478. The van der Waals surface area contributed by atoms with Gasteiger partial charge in [-0.1, -0.05) is 19.8 Å². The zero-order valence-corrected chi connectivity index (χ0v) is 19.1. The van der Waals surface area contributed by atoms with E-state index in [9.17, 15) is 13.6 Å². The molecule has 1 unspecified atom stereocenters. The number of alkyl halides is 2. The van der Waals surface area contributed by atoms with Crippen molar-refractivity contribution in [3.05, 3.63) is 35.5 Å². The summed E-state index contributed by atoms with van der Waals surface area (Å²) in [5, 5.41) is 9.69. The van der Waals surface area contributed by atoms with Gasteiger partial charge in [-0.05, 0) is 37.5 Å². The first-order valence-corrected chi connectivity index (χ1v) is 11.7. The number of benzene rings is 1. The van der Waals surface area contributed by atoms with Crippen molar-refractivity contribution in [1.82, 2.24) is 20.7 Å². The minimum atomic E-state index is -2.77. The molecule has 11 heteroatoms. The largest absolute Gasteiger partial charge is 0.355 e. The molecule has 0 radical (unpaired) electrons. The van der Waals surface area contributed by atoms with Gasteiger partial charge in [-0.2, -0.15) is 10.1 Å². The third-order valence-electron chi connectivity index (χ3n) is 6.84. The van der Waals surface area contributed by atoms with Gasteiger partial charge in [0.25, 0.3) is 12.3 Å². The van der Waals surface area contributed by atoms with E-state index in [1.54, 1.807) is 12.5 Å². The number of halogens is 2. The lowest BCUT2D eigenvalue weighted by Gasteiger charge is -2.47. The zero-order chi connectivity index (χ0) is 23.8. The Morgan fingerprint density at radius 3 is 2.79 bits per heavy atom. The molecule has 2 atom stereocenters. The van der Waals surface area contributed by atoms with Gasteiger partial charge in [0.05, 0.1) is 12.2 Å². The molecule has 1 saturated carbocycles. The number of carbonyl (C=O) groups is 1. The van der Waals surface area contributed by atoms with Gasteiger partial charge in [0, 0.05) is 29.9 Å². The van der Waals surface area contributed by atoms with Crippen molar-refractivity contribution in [2.45, 2.75) is 63.7 Å². The topological polar surface area (TPSA) is 97.8 Å². The maximum Gasteiger partial charge on any atom is 0.265 e. The molecule has 1 fully saturated rings. The molecule has 2 aliphatic heterocycles. The third-order valence-corrected chi connectivity index (χ3v) is 6.84. The summed E-state index contributed by atoms with van der Waals surface area (Å²) < 4.78 is 27.6. The lowest BCUT2D eigenvalue weighted by atomic mass is 10.0. The summed E-state index contributed by atoms with van der Waals surface area (Å²) in [7, 11) is 1.46. The van der Waals surface area contributed by atoms with Crippen LogP contribution in [0.2, 0.25) is 0 Å². The van der Waals surface area contributed by atoms with Crippen LogP contribution in [0.15, 0.2) is 29.5 Å². The van der Waals surface area contributed by atoms with E-state index < -0.39 is 12.3 Å². The molecular formula is C23H28F2N8O. The molecule has 3 heterocycles. The van der Waals surface area contributed by atoms with E-state index in [-0.39, 0.29) is 35.0 Å². The van der Waals surface area contributed by atoms with Crippen molar-refractivity contribution < 1.29 is 13.6 Å². The van der Waals surface area contributed by atoms with Gasteiger partial charge in [-0.3, -0.25) is 10.2 Å². The van der Waals surface area contributed by atoms with Crippen LogP contribution in [0.5, 0.6) is 0 Å². The van der Waals surface area contributed by atoms with Crippen LogP contribution in [0.3, 0.4) is 0 Å². The number of aromatic nitrogens is 2. The first-order chi connectivity index (χ1) is 16.5. The van der Waals surface area contributed by atoms with E-state index >= 15 is 0 Å². The predicted molar refractivity (Wildman–Crippen MR) is 127 cm³/mol. The van der Waals surface area contributed by atoms with Crippen molar-refractivity contribution in [2.24, 2.45) is 5.10 Å². The summed E-state index contributed by atoms with van der Waals surface area (Å²) >= 11 is 0. The van der Waals surface area contributed by atoms with Crippen molar-refractivity contribution in [3.63, 3.8) is 0 Å². The average Bonchev–Trinajstić information content (AvgIpc) is 3.55. The molecule has 34 heavy (non-hydrogen) atoms. The van der Waals surface area contributed by atoms with Crippen LogP contribution < -0.4 is 25.9 Å². The van der Waals surface area contributed by atoms with Crippen molar-refractivity contribution in [1.29, 1.82) is 0 Å². The molecule has 1 aromatic heterocycles. The molecule has 0 spiro atoms. The Morgan fingerprint density at radius 1 is 1.29 bits per heavy atom. The van der Waals surface area contributed by atoms with E-state index in [0.29, 0.717) is 6.04 Å². The van der Waals surface area contributed by atoms with E-state index in [1.165, 1.54) is 38.1 Å². The Bertz CT molecular complexity index is 1100. The molecule has 2 aromatic rings. The first-order valence-electron chi connectivity index (χ1n) is 11.7. The van der Waals surface area contributed by atoms with Crippen molar-refractivity contribution in [3.8, 4) is 0 Å². The molecule has 3 aliphatic rings. The van der Waals surface area contributed by atoms with Gasteiger partial charge < -0.3 is 20.4 Å². The smallest absolute Gasteiger partial charge is 0.265 e. The monoisotopic (exact) mass is 470 g/mol. The summed E-state index contributed by atoms with van der Waals surface area (Å²) in [6, 6.07) is 4.68. The van der Waals surface area contributed by atoms with Gasteiger partial charge in [0.2, 0.25) is 5.95 Å². The zero-order valence-electron chi connectivity index (χ0n) is 19.1. The molecule has 5 rings (SSSR count). The second-order valence-corrected chi connectivity index (χ2v) is 8.76. The fourth-order valence-corrected chi connectivity index (χ4v) is 5.21. The van der Waals surface area contributed by atoms with Gasteiger partial charge >= 0.3 is 0 Å². The molecular weight excluding hydrogens is 442 g/mol. The Morgan fingerprint density at radius 2 is 2.09 bits per heavy atom. The highest BCUT2D eigenvalue weighted by molar-refractivity contribution is 5.95. The Hall–Kier alpha value is -3.50. The molecule has 180 valence electrons. The minimum Gasteiger partial charge on any atom is -0.355 e. The standard InChI is InChI=1S/C23H28F2N8O/c1-3-17-21-31-28-12-32(21)18-11-27-23(30-20(18)33(17)14-6-4-5-7-14)29-16-9-8-13(22(34)26-2)10-15(16)19(24)25/h8-12,14,17,19,21,31H,3-7H2,1-2H3,(H,26,34)(H,27,29,30)/t17-,21?/m1/s1. The van der Waals surface area contributed by atoms with Crippen LogP contribution in [0, 0.1) is 0 Å². The van der Waals surface area contributed by atoms with Gasteiger partial charge in [-0.15, -0.1) is 0 Å². The number of hydrazone groups is 1. The molecule has 1 aromatic carbocycles. The van der Waals surface area contributed by atoms with Gasteiger partial charge in [-0.25, -0.2) is 13.8 Å². The maximum atomic E-state index is 13.8. The van der Waals surface area contributed by atoms with Crippen LogP contribution in [-0.2, 0) is 0 Å². The number of hydrogen-bond acceptors (Lipinski definition) is 8. The van der Waals surface area contributed by atoms with Crippen LogP contribution in [0.1, 0.15) is 61.4 Å².